The van der Waals surface area contributed by atoms with E-state index in [1.54, 1.807) is 6.07 Å². The Balaban J connectivity index is 2.18. The molecule has 1 atom stereocenters. The zero-order valence-corrected chi connectivity index (χ0v) is 12.3. The van der Waals surface area contributed by atoms with Crippen LogP contribution in [0.1, 0.15) is 19.0 Å². The first kappa shape index (κ1) is 14.8. The number of aliphatic hydroxyl groups is 1. The van der Waals surface area contributed by atoms with Crippen molar-refractivity contribution in [2.24, 2.45) is 0 Å². The maximum absolute atomic E-state index is 9.93. The smallest absolute Gasteiger partial charge is 0.129 e. The van der Waals surface area contributed by atoms with Crippen LogP contribution in [0.5, 0.6) is 0 Å². The fourth-order valence-electron chi connectivity index (χ4n) is 2.02. The van der Waals surface area contributed by atoms with E-state index >= 15 is 0 Å². The van der Waals surface area contributed by atoms with Gasteiger partial charge in [0.05, 0.1) is 18.3 Å². The van der Waals surface area contributed by atoms with E-state index in [0.717, 1.165) is 17.8 Å². The van der Waals surface area contributed by atoms with E-state index < -0.39 is 0 Å². The molecule has 2 aromatic rings. The van der Waals surface area contributed by atoms with Gasteiger partial charge in [0.1, 0.15) is 5.15 Å². The zero-order valence-electron chi connectivity index (χ0n) is 11.5. The van der Waals surface area contributed by atoms with Gasteiger partial charge < -0.3 is 10.0 Å². The maximum atomic E-state index is 9.93. The van der Waals surface area contributed by atoms with Crippen molar-refractivity contribution in [3.63, 3.8) is 0 Å². The van der Waals surface area contributed by atoms with Crippen LogP contribution in [-0.2, 0) is 6.54 Å². The highest BCUT2D eigenvalue weighted by Crippen LogP contribution is 2.17. The van der Waals surface area contributed by atoms with Gasteiger partial charge in [-0.3, -0.25) is 0 Å². The van der Waals surface area contributed by atoms with Crippen molar-refractivity contribution in [2.45, 2.75) is 26.0 Å². The Morgan fingerprint density at radius 3 is 2.55 bits per heavy atom. The first-order chi connectivity index (χ1) is 9.69. The number of rotatable bonds is 6. The number of para-hydroxylation sites is 1. The molecule has 3 nitrogen and oxygen atoms in total. The molecular formula is C16H19ClN2O. The highest BCUT2D eigenvalue weighted by molar-refractivity contribution is 6.29. The van der Waals surface area contributed by atoms with Crippen LogP contribution in [0.25, 0.3) is 0 Å². The monoisotopic (exact) mass is 290 g/mol. The number of aromatic nitrogens is 1. The quantitative estimate of drug-likeness (QED) is 0.827. The summed E-state index contributed by atoms with van der Waals surface area (Å²) in [6.45, 7) is 3.18. The Kier molecular flexibility index (Phi) is 5.39. The first-order valence-corrected chi connectivity index (χ1v) is 7.16. The standard InChI is InChI=1S/C16H19ClN2O/c1-2-15(20)12-19(14-8-4-3-5-9-14)11-13-7-6-10-16(17)18-13/h3-10,15,20H,2,11-12H2,1H3. The molecule has 0 radical (unpaired) electrons. The molecule has 1 N–H and O–H groups in total. The molecule has 0 spiro atoms. The largest absolute Gasteiger partial charge is 0.391 e. The number of benzene rings is 1. The summed E-state index contributed by atoms with van der Waals surface area (Å²) in [5.74, 6) is 0. The van der Waals surface area contributed by atoms with Gasteiger partial charge in [0.2, 0.25) is 0 Å². The molecule has 0 aliphatic heterocycles. The predicted molar refractivity (Wildman–Crippen MR) is 83.0 cm³/mol. The van der Waals surface area contributed by atoms with Gasteiger partial charge in [-0.1, -0.05) is 42.8 Å². The summed E-state index contributed by atoms with van der Waals surface area (Å²) in [5.41, 5.74) is 1.96. The molecule has 0 amide bonds. The van der Waals surface area contributed by atoms with Gasteiger partial charge in [-0.05, 0) is 30.7 Å². The number of aliphatic hydroxyl groups excluding tert-OH is 1. The molecule has 0 bridgehead atoms. The molecule has 1 aromatic carbocycles. The molecule has 0 saturated carbocycles. The molecular weight excluding hydrogens is 272 g/mol. The van der Waals surface area contributed by atoms with Crippen molar-refractivity contribution in [3.05, 3.63) is 59.4 Å². The van der Waals surface area contributed by atoms with Gasteiger partial charge >= 0.3 is 0 Å². The highest BCUT2D eigenvalue weighted by Gasteiger charge is 2.12. The molecule has 1 aromatic heterocycles. The molecule has 106 valence electrons. The molecule has 2 rings (SSSR count). The van der Waals surface area contributed by atoms with E-state index in [2.05, 4.69) is 9.88 Å². The Morgan fingerprint density at radius 1 is 1.15 bits per heavy atom. The van der Waals surface area contributed by atoms with Crippen LogP contribution in [0.2, 0.25) is 5.15 Å². The number of hydrogen-bond acceptors (Lipinski definition) is 3. The number of anilines is 1. The van der Waals surface area contributed by atoms with E-state index in [1.165, 1.54) is 0 Å². The number of halogens is 1. The predicted octanol–water partition coefficient (Wildman–Crippen LogP) is 3.51. The van der Waals surface area contributed by atoms with Gasteiger partial charge in [0.25, 0.3) is 0 Å². The molecule has 0 fully saturated rings. The first-order valence-electron chi connectivity index (χ1n) is 6.78. The maximum Gasteiger partial charge on any atom is 0.129 e. The molecule has 0 saturated heterocycles. The topological polar surface area (TPSA) is 36.4 Å². The minimum absolute atomic E-state index is 0.352. The van der Waals surface area contributed by atoms with Crippen LogP contribution in [0.15, 0.2) is 48.5 Å². The summed E-state index contributed by atoms with van der Waals surface area (Å²) in [6, 6.07) is 15.6. The summed E-state index contributed by atoms with van der Waals surface area (Å²) < 4.78 is 0. The Morgan fingerprint density at radius 2 is 1.90 bits per heavy atom. The van der Waals surface area contributed by atoms with Gasteiger partial charge in [-0.25, -0.2) is 4.98 Å². The van der Waals surface area contributed by atoms with Crippen molar-refractivity contribution in [1.29, 1.82) is 0 Å². The summed E-state index contributed by atoms with van der Waals surface area (Å²) in [6.07, 6.45) is 0.376. The lowest BCUT2D eigenvalue weighted by atomic mass is 10.2. The van der Waals surface area contributed by atoms with Crippen LogP contribution in [0.3, 0.4) is 0 Å². The minimum atomic E-state index is -0.352. The summed E-state index contributed by atoms with van der Waals surface area (Å²) in [7, 11) is 0. The Labute approximate surface area is 124 Å². The second-order valence-corrected chi connectivity index (χ2v) is 5.12. The summed E-state index contributed by atoms with van der Waals surface area (Å²) >= 11 is 5.93. The van der Waals surface area contributed by atoms with Crippen LogP contribution in [0, 0.1) is 0 Å². The van der Waals surface area contributed by atoms with E-state index in [4.69, 9.17) is 11.6 Å². The van der Waals surface area contributed by atoms with E-state index in [1.807, 2.05) is 49.4 Å². The Bertz CT molecular complexity index is 533. The average molecular weight is 291 g/mol. The Hall–Kier alpha value is -1.58. The zero-order chi connectivity index (χ0) is 14.4. The van der Waals surface area contributed by atoms with Crippen molar-refractivity contribution in [1.82, 2.24) is 4.98 Å². The molecule has 0 aliphatic carbocycles. The normalized spacial score (nSPS) is 12.2. The van der Waals surface area contributed by atoms with E-state index in [0.29, 0.717) is 18.2 Å². The second-order valence-electron chi connectivity index (χ2n) is 4.73. The third kappa shape index (κ3) is 4.22. The third-order valence-electron chi connectivity index (χ3n) is 3.15. The summed E-state index contributed by atoms with van der Waals surface area (Å²) in [4.78, 5) is 6.43. The van der Waals surface area contributed by atoms with Crippen LogP contribution in [0.4, 0.5) is 5.69 Å². The number of hydrogen-bond donors (Lipinski definition) is 1. The summed E-state index contributed by atoms with van der Waals surface area (Å²) in [5, 5.41) is 10.4. The van der Waals surface area contributed by atoms with Gasteiger partial charge in [0, 0.05) is 12.2 Å². The number of pyridine rings is 1. The van der Waals surface area contributed by atoms with Crippen LogP contribution in [-0.4, -0.2) is 22.7 Å². The average Bonchev–Trinajstić information content (AvgIpc) is 2.47. The molecule has 1 heterocycles. The SMILES string of the molecule is CCC(O)CN(Cc1cccc(Cl)n1)c1ccccc1. The van der Waals surface area contributed by atoms with Gasteiger partial charge in [-0.2, -0.15) is 0 Å². The van der Waals surface area contributed by atoms with E-state index in [-0.39, 0.29) is 6.10 Å². The van der Waals surface area contributed by atoms with Gasteiger partial charge in [-0.15, -0.1) is 0 Å². The number of nitrogens with zero attached hydrogens (tertiary/aromatic N) is 2. The molecule has 0 aliphatic rings. The lowest BCUT2D eigenvalue weighted by Gasteiger charge is -2.26. The minimum Gasteiger partial charge on any atom is -0.391 e. The van der Waals surface area contributed by atoms with Crippen molar-refractivity contribution in [2.75, 3.05) is 11.4 Å². The second kappa shape index (κ2) is 7.27. The molecule has 4 heteroatoms. The van der Waals surface area contributed by atoms with Crippen molar-refractivity contribution >= 4 is 17.3 Å². The van der Waals surface area contributed by atoms with Crippen LogP contribution < -0.4 is 4.90 Å². The lowest BCUT2D eigenvalue weighted by Crippen LogP contribution is -2.32. The third-order valence-corrected chi connectivity index (χ3v) is 3.36. The van der Waals surface area contributed by atoms with Crippen LogP contribution >= 0.6 is 11.6 Å². The fourth-order valence-corrected chi connectivity index (χ4v) is 2.20. The van der Waals surface area contributed by atoms with Gasteiger partial charge in [0.15, 0.2) is 0 Å². The highest BCUT2D eigenvalue weighted by atomic mass is 35.5. The lowest BCUT2D eigenvalue weighted by molar-refractivity contribution is 0.175. The van der Waals surface area contributed by atoms with Crippen molar-refractivity contribution in [3.8, 4) is 0 Å². The molecule has 1 unspecified atom stereocenters. The van der Waals surface area contributed by atoms with E-state index in [9.17, 15) is 5.11 Å². The fraction of sp³-hybridized carbons (Fsp3) is 0.312. The van der Waals surface area contributed by atoms with Crippen molar-refractivity contribution < 1.29 is 5.11 Å². The molecule has 20 heavy (non-hydrogen) atoms.